The van der Waals surface area contributed by atoms with E-state index < -0.39 is 6.09 Å². The maximum atomic E-state index is 11.8. The van der Waals surface area contributed by atoms with Gasteiger partial charge in [0.2, 0.25) is 5.95 Å². The molecule has 2 aromatic heterocycles. The van der Waals surface area contributed by atoms with E-state index in [9.17, 15) is 9.59 Å². The zero-order chi connectivity index (χ0) is 17.8. The second-order valence-corrected chi connectivity index (χ2v) is 6.35. The van der Waals surface area contributed by atoms with Crippen LogP contribution in [0.25, 0.3) is 11.2 Å². The monoisotopic (exact) mass is 345 g/mol. The van der Waals surface area contributed by atoms with E-state index in [1.807, 2.05) is 4.57 Å². The van der Waals surface area contributed by atoms with Crippen LogP contribution >= 0.6 is 0 Å². The maximum absolute atomic E-state index is 11.8. The fourth-order valence-corrected chi connectivity index (χ4v) is 3.24. The number of rotatable bonds is 5. The standard InChI is InChI=1S/C17H23N5O3/c1-3-25-17(24)21-16-19-13-9-18-14(11(2)23)20-15(13)22(16)10-12-7-5-4-6-8-12/h9,12H,3-8,10H2,1-2H3,(H,19,21,24). The lowest BCUT2D eigenvalue weighted by atomic mass is 9.89. The van der Waals surface area contributed by atoms with Gasteiger partial charge < -0.3 is 4.74 Å². The van der Waals surface area contributed by atoms with Crippen LogP contribution in [0.1, 0.15) is 56.6 Å². The van der Waals surface area contributed by atoms with Crippen LogP contribution in [0.5, 0.6) is 0 Å². The van der Waals surface area contributed by atoms with E-state index in [0.29, 0.717) is 29.6 Å². The van der Waals surface area contributed by atoms with Gasteiger partial charge in [0.05, 0.1) is 12.8 Å². The van der Waals surface area contributed by atoms with Crippen LogP contribution in [-0.2, 0) is 11.3 Å². The summed E-state index contributed by atoms with van der Waals surface area (Å²) in [5.41, 5.74) is 1.12. The molecule has 2 heterocycles. The quantitative estimate of drug-likeness (QED) is 0.836. The molecule has 1 aliphatic rings. The Bertz CT molecular complexity index is 780. The highest BCUT2D eigenvalue weighted by atomic mass is 16.5. The van der Waals surface area contributed by atoms with Gasteiger partial charge in [0, 0.05) is 13.5 Å². The highest BCUT2D eigenvalue weighted by molar-refractivity contribution is 5.92. The number of hydrogen-bond acceptors (Lipinski definition) is 6. The van der Waals surface area contributed by atoms with E-state index in [0.717, 1.165) is 12.8 Å². The van der Waals surface area contributed by atoms with E-state index in [1.54, 1.807) is 6.92 Å². The number of aromatic nitrogens is 4. The molecule has 0 aromatic carbocycles. The van der Waals surface area contributed by atoms with Crippen molar-refractivity contribution in [2.24, 2.45) is 5.92 Å². The number of Topliss-reactive ketones (excluding diaryl/α,β-unsaturated/α-hetero) is 1. The number of ether oxygens (including phenoxy) is 1. The summed E-state index contributed by atoms with van der Waals surface area (Å²) in [6, 6.07) is 0. The Morgan fingerprint density at radius 2 is 2.04 bits per heavy atom. The molecule has 1 amide bonds. The molecule has 3 rings (SSSR count). The Morgan fingerprint density at radius 3 is 2.72 bits per heavy atom. The molecule has 1 saturated carbocycles. The van der Waals surface area contributed by atoms with Crippen LogP contribution in [0.2, 0.25) is 0 Å². The zero-order valence-corrected chi connectivity index (χ0v) is 14.6. The molecule has 1 fully saturated rings. The van der Waals surface area contributed by atoms with Crippen molar-refractivity contribution in [3.63, 3.8) is 0 Å². The number of nitrogens with zero attached hydrogens (tertiary/aromatic N) is 4. The number of carbonyl (C=O) groups is 2. The first kappa shape index (κ1) is 17.3. The van der Waals surface area contributed by atoms with Crippen LogP contribution in [0.15, 0.2) is 6.20 Å². The molecule has 0 spiro atoms. The molecule has 0 bridgehead atoms. The van der Waals surface area contributed by atoms with Gasteiger partial charge in [-0.05, 0) is 25.7 Å². The first-order valence-corrected chi connectivity index (χ1v) is 8.76. The summed E-state index contributed by atoms with van der Waals surface area (Å²) < 4.78 is 6.83. The molecule has 134 valence electrons. The molecular formula is C17H23N5O3. The fraction of sp³-hybridized carbons (Fsp3) is 0.588. The molecule has 0 unspecified atom stereocenters. The van der Waals surface area contributed by atoms with Gasteiger partial charge in [0.1, 0.15) is 5.52 Å². The van der Waals surface area contributed by atoms with Gasteiger partial charge >= 0.3 is 6.09 Å². The van der Waals surface area contributed by atoms with Crippen LogP contribution in [0.4, 0.5) is 10.7 Å². The minimum atomic E-state index is -0.553. The Hall–Kier alpha value is -2.51. The van der Waals surface area contributed by atoms with Crippen molar-refractivity contribution >= 4 is 29.0 Å². The van der Waals surface area contributed by atoms with E-state index in [2.05, 4.69) is 20.3 Å². The minimum absolute atomic E-state index is 0.153. The minimum Gasteiger partial charge on any atom is -0.450 e. The molecule has 8 nitrogen and oxygen atoms in total. The molecule has 1 N–H and O–H groups in total. The summed E-state index contributed by atoms with van der Waals surface area (Å²) in [5, 5.41) is 2.68. The summed E-state index contributed by atoms with van der Waals surface area (Å²) in [6.45, 7) is 4.16. The van der Waals surface area contributed by atoms with E-state index in [-0.39, 0.29) is 18.2 Å². The van der Waals surface area contributed by atoms with Crippen molar-refractivity contribution in [3.8, 4) is 0 Å². The van der Waals surface area contributed by atoms with Gasteiger partial charge in [-0.2, -0.15) is 0 Å². The van der Waals surface area contributed by atoms with Crippen molar-refractivity contribution in [2.45, 2.75) is 52.5 Å². The third kappa shape index (κ3) is 3.94. The van der Waals surface area contributed by atoms with E-state index >= 15 is 0 Å². The molecule has 0 saturated heterocycles. The van der Waals surface area contributed by atoms with Crippen LogP contribution < -0.4 is 5.32 Å². The average Bonchev–Trinajstić information content (AvgIpc) is 2.92. The van der Waals surface area contributed by atoms with Gasteiger partial charge in [-0.3, -0.25) is 14.7 Å². The van der Waals surface area contributed by atoms with E-state index in [1.165, 1.54) is 32.4 Å². The van der Waals surface area contributed by atoms with Crippen molar-refractivity contribution in [1.82, 2.24) is 19.5 Å². The Morgan fingerprint density at radius 1 is 1.28 bits per heavy atom. The normalized spacial score (nSPS) is 15.3. The summed E-state index contributed by atoms with van der Waals surface area (Å²) in [7, 11) is 0. The first-order valence-electron chi connectivity index (χ1n) is 8.76. The molecule has 8 heteroatoms. The predicted molar refractivity (Wildman–Crippen MR) is 92.5 cm³/mol. The first-order chi connectivity index (χ1) is 12.1. The van der Waals surface area contributed by atoms with Gasteiger partial charge in [-0.15, -0.1) is 0 Å². The highest BCUT2D eigenvalue weighted by Crippen LogP contribution is 2.28. The molecule has 25 heavy (non-hydrogen) atoms. The number of fused-ring (bicyclic) bond motifs is 1. The summed E-state index contributed by atoms with van der Waals surface area (Å²) >= 11 is 0. The number of amides is 1. The predicted octanol–water partition coefficient (Wildman–Crippen LogP) is 3.18. The maximum Gasteiger partial charge on any atom is 0.413 e. The molecule has 0 radical (unpaired) electrons. The summed E-state index contributed by atoms with van der Waals surface area (Å²) in [5.74, 6) is 0.839. The molecule has 0 atom stereocenters. The SMILES string of the molecule is CCOC(=O)Nc1nc2cnc(C(C)=O)nc2n1CC1CCCCC1. The number of ketones is 1. The van der Waals surface area contributed by atoms with Crippen LogP contribution in [0.3, 0.4) is 0 Å². The summed E-state index contributed by atoms with van der Waals surface area (Å²) in [4.78, 5) is 36.3. The van der Waals surface area contributed by atoms with Gasteiger partial charge in [-0.25, -0.2) is 19.7 Å². The second-order valence-electron chi connectivity index (χ2n) is 6.35. The van der Waals surface area contributed by atoms with Gasteiger partial charge in [0.15, 0.2) is 17.3 Å². The number of hydrogen-bond donors (Lipinski definition) is 1. The fourth-order valence-electron chi connectivity index (χ4n) is 3.24. The largest absolute Gasteiger partial charge is 0.450 e. The third-order valence-corrected chi connectivity index (χ3v) is 4.46. The van der Waals surface area contributed by atoms with Crippen molar-refractivity contribution in [3.05, 3.63) is 12.0 Å². The van der Waals surface area contributed by atoms with Crippen LogP contribution in [0, 0.1) is 5.92 Å². The Labute approximate surface area is 146 Å². The number of nitrogens with one attached hydrogen (secondary N) is 1. The van der Waals surface area contributed by atoms with Gasteiger partial charge in [0.25, 0.3) is 0 Å². The smallest absolute Gasteiger partial charge is 0.413 e. The molecule has 0 aliphatic heterocycles. The van der Waals surface area contributed by atoms with Crippen molar-refractivity contribution in [2.75, 3.05) is 11.9 Å². The van der Waals surface area contributed by atoms with Crippen LogP contribution in [-0.4, -0.2) is 38.0 Å². The topological polar surface area (TPSA) is 99.0 Å². The zero-order valence-electron chi connectivity index (χ0n) is 14.6. The number of anilines is 1. The van der Waals surface area contributed by atoms with Crippen molar-refractivity contribution < 1.29 is 14.3 Å². The Kier molecular flexibility index (Phi) is 5.25. The lowest BCUT2D eigenvalue weighted by Gasteiger charge is -2.22. The van der Waals surface area contributed by atoms with E-state index in [4.69, 9.17) is 4.74 Å². The molecule has 2 aromatic rings. The third-order valence-electron chi connectivity index (χ3n) is 4.46. The Balaban J connectivity index is 1.98. The highest BCUT2D eigenvalue weighted by Gasteiger charge is 2.21. The average molecular weight is 345 g/mol. The second kappa shape index (κ2) is 7.58. The number of carbonyl (C=O) groups excluding carboxylic acids is 2. The molecule has 1 aliphatic carbocycles. The molecular weight excluding hydrogens is 322 g/mol. The lowest BCUT2D eigenvalue weighted by molar-refractivity contribution is 0.100. The number of imidazole rings is 1. The van der Waals surface area contributed by atoms with Crippen molar-refractivity contribution in [1.29, 1.82) is 0 Å². The summed E-state index contributed by atoms with van der Waals surface area (Å²) in [6.07, 6.45) is 6.95. The van der Waals surface area contributed by atoms with Gasteiger partial charge in [-0.1, -0.05) is 19.3 Å². The lowest BCUT2D eigenvalue weighted by Crippen LogP contribution is -2.20.